The molecule has 200 valence electrons. The van der Waals surface area contributed by atoms with E-state index in [1.165, 1.54) is 0 Å². The molecule has 8 nitrogen and oxygen atoms in total. The Bertz CT molecular complexity index is 1100. The van der Waals surface area contributed by atoms with Crippen molar-refractivity contribution in [1.29, 1.82) is 0 Å². The Morgan fingerprint density at radius 1 is 1.08 bits per heavy atom. The van der Waals surface area contributed by atoms with E-state index in [0.717, 1.165) is 48.1 Å². The maximum atomic E-state index is 12.4. The molecule has 0 saturated carbocycles. The quantitative estimate of drug-likeness (QED) is 0.546. The number of nitrogens with one attached hydrogen (secondary N) is 1. The van der Waals surface area contributed by atoms with E-state index in [9.17, 15) is 14.7 Å². The summed E-state index contributed by atoms with van der Waals surface area (Å²) in [5.74, 6) is 0.605. The summed E-state index contributed by atoms with van der Waals surface area (Å²) in [6.07, 6.45) is 2.19. The summed E-state index contributed by atoms with van der Waals surface area (Å²) in [5, 5.41) is 20.9. The Morgan fingerprint density at radius 2 is 1.76 bits per heavy atom. The number of hydrogen-bond acceptors (Lipinski definition) is 6. The van der Waals surface area contributed by atoms with Crippen molar-refractivity contribution in [1.82, 2.24) is 10.2 Å². The molecule has 1 spiro atoms. The second-order valence-electron chi connectivity index (χ2n) is 11.3. The molecular formula is C29H38N2O6. The maximum Gasteiger partial charge on any atom is 0.409 e. The van der Waals surface area contributed by atoms with Gasteiger partial charge in [-0.05, 0) is 59.2 Å². The fourth-order valence-corrected chi connectivity index (χ4v) is 4.71. The first-order chi connectivity index (χ1) is 17.6. The van der Waals surface area contributed by atoms with Crippen molar-refractivity contribution in [3.05, 3.63) is 53.6 Å². The summed E-state index contributed by atoms with van der Waals surface area (Å²) in [6.45, 7) is 7.43. The number of likely N-dealkylation sites (tertiary alicyclic amines) is 1. The van der Waals surface area contributed by atoms with E-state index in [2.05, 4.69) is 11.4 Å². The predicted molar refractivity (Wildman–Crippen MR) is 141 cm³/mol. The van der Waals surface area contributed by atoms with Crippen molar-refractivity contribution in [2.24, 2.45) is 5.41 Å². The molecule has 0 radical (unpaired) electrons. The number of nitrogens with zero attached hydrogens (tertiary/aromatic N) is 1. The van der Waals surface area contributed by atoms with E-state index >= 15 is 0 Å². The van der Waals surface area contributed by atoms with Crippen LogP contribution in [0.2, 0.25) is 0 Å². The molecule has 37 heavy (non-hydrogen) atoms. The third-order valence-electron chi connectivity index (χ3n) is 6.99. The minimum Gasteiger partial charge on any atom is -0.487 e. The largest absolute Gasteiger partial charge is 0.487 e. The van der Waals surface area contributed by atoms with Gasteiger partial charge in [-0.15, -0.1) is 0 Å². The van der Waals surface area contributed by atoms with Crippen LogP contribution in [0.25, 0.3) is 11.1 Å². The monoisotopic (exact) mass is 510 g/mol. The molecule has 0 aliphatic carbocycles. The Balaban J connectivity index is 1.35. The van der Waals surface area contributed by atoms with Crippen LogP contribution in [0.15, 0.2) is 42.5 Å². The standard InChI is InChI=1S/C29H38N2O6/c1-28(2,3)19-36-27(35)31-14-12-29(13-15-31)11-10-23-16-22(8-9-25(23)37-29)20-4-6-21(7-5-20)26(34)30-17-24(33)18-32/h4-9,16,24,32-33H,10-15,17-19H2,1-3H3,(H,30,34). The lowest BCUT2D eigenvalue weighted by atomic mass is 9.82. The van der Waals surface area contributed by atoms with Gasteiger partial charge in [0.25, 0.3) is 5.91 Å². The van der Waals surface area contributed by atoms with E-state index < -0.39 is 12.7 Å². The van der Waals surface area contributed by atoms with Crippen LogP contribution in [0, 0.1) is 5.41 Å². The van der Waals surface area contributed by atoms with Gasteiger partial charge in [-0.3, -0.25) is 4.79 Å². The molecule has 2 heterocycles. The first-order valence-electron chi connectivity index (χ1n) is 13.0. The molecule has 8 heteroatoms. The molecule has 4 rings (SSSR count). The van der Waals surface area contributed by atoms with E-state index in [1.807, 2.05) is 45.0 Å². The second kappa shape index (κ2) is 11.1. The van der Waals surface area contributed by atoms with Crippen LogP contribution in [0.4, 0.5) is 4.79 Å². The number of aliphatic hydroxyl groups is 2. The number of aryl methyl sites for hydroxylation is 1. The van der Waals surface area contributed by atoms with Crippen LogP contribution >= 0.6 is 0 Å². The normalized spacial score (nSPS) is 17.5. The van der Waals surface area contributed by atoms with Crippen LogP contribution in [-0.2, 0) is 11.2 Å². The topological polar surface area (TPSA) is 108 Å². The van der Waals surface area contributed by atoms with Crippen molar-refractivity contribution >= 4 is 12.0 Å². The first-order valence-corrected chi connectivity index (χ1v) is 13.0. The number of hydrogen-bond donors (Lipinski definition) is 3. The highest BCUT2D eigenvalue weighted by molar-refractivity contribution is 5.94. The fourth-order valence-electron chi connectivity index (χ4n) is 4.71. The minimum absolute atomic E-state index is 0.00269. The zero-order valence-corrected chi connectivity index (χ0v) is 22.0. The zero-order valence-electron chi connectivity index (χ0n) is 22.0. The Hall–Kier alpha value is -3.10. The lowest BCUT2D eigenvalue weighted by molar-refractivity contribution is -0.0171. The van der Waals surface area contributed by atoms with Crippen LogP contribution in [0.1, 0.15) is 56.0 Å². The van der Waals surface area contributed by atoms with Gasteiger partial charge in [0.15, 0.2) is 0 Å². The Labute approximate surface area is 218 Å². The number of carbonyl (C=O) groups excluding carboxylic acids is 2. The molecule has 1 unspecified atom stereocenters. The Morgan fingerprint density at radius 3 is 2.41 bits per heavy atom. The summed E-state index contributed by atoms with van der Waals surface area (Å²) < 4.78 is 12.0. The summed E-state index contributed by atoms with van der Waals surface area (Å²) in [6, 6.07) is 13.5. The van der Waals surface area contributed by atoms with Crippen LogP contribution < -0.4 is 10.1 Å². The van der Waals surface area contributed by atoms with Gasteiger partial charge < -0.3 is 29.9 Å². The minimum atomic E-state index is -0.970. The molecule has 2 amide bonds. The fraction of sp³-hybridized carbons (Fsp3) is 0.517. The summed E-state index contributed by atoms with van der Waals surface area (Å²) in [7, 11) is 0. The first kappa shape index (κ1) is 26.9. The molecule has 1 atom stereocenters. The molecule has 1 saturated heterocycles. The summed E-state index contributed by atoms with van der Waals surface area (Å²) >= 11 is 0. The van der Waals surface area contributed by atoms with Gasteiger partial charge in [0, 0.05) is 38.0 Å². The van der Waals surface area contributed by atoms with Crippen LogP contribution in [-0.4, -0.2) is 71.7 Å². The van der Waals surface area contributed by atoms with Gasteiger partial charge in [-0.25, -0.2) is 4.79 Å². The summed E-state index contributed by atoms with van der Waals surface area (Å²) in [5.41, 5.74) is 3.41. The molecule has 2 aromatic rings. The lowest BCUT2D eigenvalue weighted by Crippen LogP contribution is -2.51. The third kappa shape index (κ3) is 6.81. The van der Waals surface area contributed by atoms with Gasteiger partial charge in [0.1, 0.15) is 11.4 Å². The smallest absolute Gasteiger partial charge is 0.409 e. The third-order valence-corrected chi connectivity index (χ3v) is 6.99. The average molecular weight is 511 g/mol. The number of aliphatic hydroxyl groups excluding tert-OH is 2. The van der Waals surface area contributed by atoms with Crippen molar-refractivity contribution in [2.75, 3.05) is 32.8 Å². The van der Waals surface area contributed by atoms with Crippen molar-refractivity contribution in [3.8, 4) is 16.9 Å². The number of piperidine rings is 1. The second-order valence-corrected chi connectivity index (χ2v) is 11.3. The number of fused-ring (bicyclic) bond motifs is 1. The van der Waals surface area contributed by atoms with Gasteiger partial charge in [0.2, 0.25) is 0 Å². The van der Waals surface area contributed by atoms with E-state index in [1.54, 1.807) is 17.0 Å². The SMILES string of the molecule is CC(C)(C)COC(=O)N1CCC2(CCc3cc(-c4ccc(C(=O)NCC(O)CO)cc4)ccc3O2)CC1. The molecule has 2 aliphatic heterocycles. The number of ether oxygens (including phenoxy) is 2. The molecule has 2 aromatic carbocycles. The lowest BCUT2D eigenvalue weighted by Gasteiger charge is -2.44. The number of amides is 2. The van der Waals surface area contributed by atoms with Crippen LogP contribution in [0.5, 0.6) is 5.75 Å². The molecule has 0 aromatic heterocycles. The summed E-state index contributed by atoms with van der Waals surface area (Å²) in [4.78, 5) is 26.5. The molecular weight excluding hydrogens is 472 g/mol. The molecule has 2 aliphatic rings. The Kier molecular flexibility index (Phi) is 8.09. The van der Waals surface area contributed by atoms with E-state index in [0.29, 0.717) is 25.3 Å². The van der Waals surface area contributed by atoms with E-state index in [4.69, 9.17) is 14.6 Å². The average Bonchev–Trinajstić information content (AvgIpc) is 2.90. The number of benzene rings is 2. The van der Waals surface area contributed by atoms with Gasteiger partial charge in [-0.1, -0.05) is 39.0 Å². The zero-order chi connectivity index (χ0) is 26.6. The number of carbonyl (C=O) groups is 2. The van der Waals surface area contributed by atoms with Crippen LogP contribution in [0.3, 0.4) is 0 Å². The number of rotatable bonds is 6. The van der Waals surface area contributed by atoms with Gasteiger partial charge in [0.05, 0.1) is 19.3 Å². The predicted octanol–water partition coefficient (Wildman–Crippen LogP) is 3.78. The molecule has 0 bridgehead atoms. The highest BCUT2D eigenvalue weighted by Gasteiger charge is 2.41. The molecule has 1 fully saturated rings. The van der Waals surface area contributed by atoms with Crippen molar-refractivity contribution in [2.45, 2.75) is 58.2 Å². The van der Waals surface area contributed by atoms with Crippen molar-refractivity contribution < 1.29 is 29.3 Å². The van der Waals surface area contributed by atoms with Gasteiger partial charge >= 0.3 is 6.09 Å². The van der Waals surface area contributed by atoms with E-state index in [-0.39, 0.29) is 29.6 Å². The maximum absolute atomic E-state index is 12.4. The molecule has 3 N–H and O–H groups in total. The highest BCUT2D eigenvalue weighted by atomic mass is 16.6. The van der Waals surface area contributed by atoms with Gasteiger partial charge in [-0.2, -0.15) is 0 Å². The van der Waals surface area contributed by atoms with Crippen molar-refractivity contribution in [3.63, 3.8) is 0 Å². The highest BCUT2D eigenvalue weighted by Crippen LogP contribution is 2.41.